The Kier molecular flexibility index (Phi) is 4.02. The van der Waals surface area contributed by atoms with Crippen molar-refractivity contribution in [1.82, 2.24) is 0 Å². The molecule has 0 spiro atoms. The van der Waals surface area contributed by atoms with E-state index in [2.05, 4.69) is 0 Å². The third kappa shape index (κ3) is 3.45. The van der Waals surface area contributed by atoms with E-state index in [0.717, 1.165) is 0 Å². The Hall–Kier alpha value is -2.07. The van der Waals surface area contributed by atoms with Gasteiger partial charge in [0.05, 0.1) is 0 Å². The van der Waals surface area contributed by atoms with Gasteiger partial charge < -0.3 is 10.5 Å². The quantitative estimate of drug-likeness (QED) is 0.935. The van der Waals surface area contributed by atoms with Crippen molar-refractivity contribution in [2.45, 2.75) is 6.61 Å². The number of carbonyl (C=O) groups is 1. The van der Waals surface area contributed by atoms with Crippen molar-refractivity contribution in [1.29, 1.82) is 0 Å². The van der Waals surface area contributed by atoms with Gasteiger partial charge in [-0.05, 0) is 42.5 Å². The minimum Gasteiger partial charge on any atom is -0.489 e. The Morgan fingerprint density at radius 2 is 1.89 bits per heavy atom. The number of halogens is 2. The number of hydrogen-bond donors (Lipinski definition) is 1. The molecule has 3 nitrogen and oxygen atoms in total. The molecule has 2 rings (SSSR count). The van der Waals surface area contributed by atoms with Crippen LogP contribution < -0.4 is 10.5 Å². The number of ether oxygens (including phenoxy) is 1. The van der Waals surface area contributed by atoms with Crippen molar-refractivity contribution in [2.24, 2.45) is 5.73 Å². The van der Waals surface area contributed by atoms with Crippen LogP contribution >= 0.6 is 11.6 Å². The van der Waals surface area contributed by atoms with E-state index in [4.69, 9.17) is 22.1 Å². The molecule has 0 aliphatic heterocycles. The summed E-state index contributed by atoms with van der Waals surface area (Å²) in [6.07, 6.45) is 0. The summed E-state index contributed by atoms with van der Waals surface area (Å²) >= 11 is 5.74. The number of rotatable bonds is 4. The first-order valence-corrected chi connectivity index (χ1v) is 5.90. The fourth-order valence-corrected chi connectivity index (χ4v) is 1.66. The fourth-order valence-electron chi connectivity index (χ4n) is 1.53. The summed E-state index contributed by atoms with van der Waals surface area (Å²) in [7, 11) is 0. The van der Waals surface area contributed by atoms with Gasteiger partial charge in [0.2, 0.25) is 5.91 Å². The van der Waals surface area contributed by atoms with Crippen molar-refractivity contribution >= 4 is 17.5 Å². The van der Waals surface area contributed by atoms with E-state index in [1.54, 1.807) is 24.3 Å². The van der Waals surface area contributed by atoms with Gasteiger partial charge in [0, 0.05) is 16.1 Å². The molecule has 5 heteroatoms. The maximum absolute atomic E-state index is 13.5. The van der Waals surface area contributed by atoms with Gasteiger partial charge in [-0.2, -0.15) is 0 Å². The summed E-state index contributed by atoms with van der Waals surface area (Å²) in [6.45, 7) is 0.00852. The van der Waals surface area contributed by atoms with Crippen LogP contribution in [0.3, 0.4) is 0 Å². The SMILES string of the molecule is NC(=O)c1ccc(F)c(COc2ccc(Cl)cc2)c1. The van der Waals surface area contributed by atoms with Crippen molar-refractivity contribution < 1.29 is 13.9 Å². The third-order valence-corrected chi connectivity index (χ3v) is 2.79. The predicted molar refractivity (Wildman–Crippen MR) is 70.7 cm³/mol. The molecule has 19 heavy (non-hydrogen) atoms. The van der Waals surface area contributed by atoms with Gasteiger partial charge in [0.25, 0.3) is 0 Å². The first-order chi connectivity index (χ1) is 9.06. The molecule has 1 amide bonds. The largest absolute Gasteiger partial charge is 0.489 e. The van der Waals surface area contributed by atoms with Crippen LogP contribution in [0.1, 0.15) is 15.9 Å². The molecule has 2 aromatic carbocycles. The van der Waals surface area contributed by atoms with Crippen LogP contribution in [0.25, 0.3) is 0 Å². The number of primary amides is 1. The molecule has 0 radical (unpaired) electrons. The molecule has 0 aliphatic rings. The van der Waals surface area contributed by atoms with Crippen molar-refractivity contribution in [3.63, 3.8) is 0 Å². The summed E-state index contributed by atoms with van der Waals surface area (Å²) in [5, 5.41) is 0.592. The van der Waals surface area contributed by atoms with Crippen LogP contribution in [0.2, 0.25) is 5.02 Å². The zero-order chi connectivity index (χ0) is 13.8. The van der Waals surface area contributed by atoms with Gasteiger partial charge >= 0.3 is 0 Å². The Morgan fingerprint density at radius 1 is 1.21 bits per heavy atom. The summed E-state index contributed by atoms with van der Waals surface area (Å²) < 4.78 is 19.0. The molecule has 0 atom stereocenters. The smallest absolute Gasteiger partial charge is 0.248 e. The highest BCUT2D eigenvalue weighted by Crippen LogP contribution is 2.18. The topological polar surface area (TPSA) is 52.3 Å². The van der Waals surface area contributed by atoms with E-state index in [9.17, 15) is 9.18 Å². The number of hydrogen-bond acceptors (Lipinski definition) is 2. The summed E-state index contributed by atoms with van der Waals surface area (Å²) in [5.41, 5.74) is 5.66. The molecule has 0 aromatic heterocycles. The van der Waals surface area contributed by atoms with Crippen molar-refractivity contribution in [3.05, 3.63) is 64.4 Å². The first-order valence-electron chi connectivity index (χ1n) is 5.53. The van der Waals surface area contributed by atoms with Crippen LogP contribution in [0.15, 0.2) is 42.5 Å². The summed E-state index contributed by atoms with van der Waals surface area (Å²) in [4.78, 5) is 11.0. The molecule has 0 saturated heterocycles. The normalized spacial score (nSPS) is 10.2. The lowest BCUT2D eigenvalue weighted by molar-refractivity contribution is 0.1000. The van der Waals surface area contributed by atoms with Crippen LogP contribution in [-0.2, 0) is 6.61 Å². The molecule has 0 saturated carbocycles. The lowest BCUT2D eigenvalue weighted by atomic mass is 10.1. The van der Waals surface area contributed by atoms with Crippen LogP contribution in [0, 0.1) is 5.82 Å². The monoisotopic (exact) mass is 279 g/mol. The highest BCUT2D eigenvalue weighted by Gasteiger charge is 2.07. The number of carbonyl (C=O) groups excluding carboxylic acids is 1. The highest BCUT2D eigenvalue weighted by atomic mass is 35.5. The van der Waals surface area contributed by atoms with E-state index in [1.165, 1.54) is 18.2 Å². The molecule has 2 N–H and O–H groups in total. The Morgan fingerprint density at radius 3 is 2.53 bits per heavy atom. The zero-order valence-electron chi connectivity index (χ0n) is 9.90. The minimum atomic E-state index is -0.604. The number of nitrogens with two attached hydrogens (primary N) is 1. The lowest BCUT2D eigenvalue weighted by Gasteiger charge is -2.08. The van der Waals surface area contributed by atoms with Crippen LogP contribution in [-0.4, -0.2) is 5.91 Å². The van der Waals surface area contributed by atoms with Crippen LogP contribution in [0.5, 0.6) is 5.75 Å². The Labute approximate surface area is 114 Å². The molecule has 0 heterocycles. The van der Waals surface area contributed by atoms with E-state index in [0.29, 0.717) is 10.8 Å². The van der Waals surface area contributed by atoms with E-state index < -0.39 is 11.7 Å². The molecule has 0 unspecified atom stereocenters. The zero-order valence-corrected chi connectivity index (χ0v) is 10.7. The third-order valence-electron chi connectivity index (χ3n) is 2.54. The first kappa shape index (κ1) is 13.4. The van der Waals surface area contributed by atoms with Crippen molar-refractivity contribution in [2.75, 3.05) is 0 Å². The predicted octanol–water partition coefficient (Wildman–Crippen LogP) is 3.16. The van der Waals surface area contributed by atoms with E-state index >= 15 is 0 Å². The molecule has 2 aromatic rings. The molecule has 98 valence electrons. The molecular formula is C14H11ClFNO2. The molecule has 0 fully saturated rings. The fraction of sp³-hybridized carbons (Fsp3) is 0.0714. The molecule has 0 bridgehead atoms. The standard InChI is InChI=1S/C14H11ClFNO2/c15-11-2-4-12(5-3-11)19-8-10-7-9(14(17)18)1-6-13(10)16/h1-7H,8H2,(H2,17,18). The summed E-state index contributed by atoms with van der Waals surface area (Å²) in [5.74, 6) is -0.486. The second kappa shape index (κ2) is 5.71. The van der Waals surface area contributed by atoms with Crippen LogP contribution in [0.4, 0.5) is 4.39 Å². The van der Waals surface area contributed by atoms with E-state index in [-0.39, 0.29) is 17.7 Å². The van der Waals surface area contributed by atoms with Gasteiger partial charge in [0.1, 0.15) is 18.2 Å². The molecular weight excluding hydrogens is 269 g/mol. The highest BCUT2D eigenvalue weighted by molar-refractivity contribution is 6.30. The average molecular weight is 280 g/mol. The van der Waals surface area contributed by atoms with Gasteiger partial charge in [-0.25, -0.2) is 4.39 Å². The van der Waals surface area contributed by atoms with Crippen molar-refractivity contribution in [3.8, 4) is 5.75 Å². The minimum absolute atomic E-state index is 0.00852. The maximum Gasteiger partial charge on any atom is 0.248 e. The lowest BCUT2D eigenvalue weighted by Crippen LogP contribution is -2.12. The molecule has 0 aliphatic carbocycles. The Balaban J connectivity index is 2.12. The second-order valence-electron chi connectivity index (χ2n) is 3.91. The number of benzene rings is 2. The van der Waals surface area contributed by atoms with E-state index in [1.807, 2.05) is 0 Å². The second-order valence-corrected chi connectivity index (χ2v) is 4.35. The van der Waals surface area contributed by atoms with Gasteiger partial charge in [-0.1, -0.05) is 11.6 Å². The van der Waals surface area contributed by atoms with Gasteiger partial charge in [0.15, 0.2) is 0 Å². The summed E-state index contributed by atoms with van der Waals surface area (Å²) in [6, 6.07) is 10.6. The number of amides is 1. The Bertz CT molecular complexity index is 599. The van der Waals surface area contributed by atoms with Gasteiger partial charge in [-0.15, -0.1) is 0 Å². The average Bonchev–Trinajstić information content (AvgIpc) is 2.39. The van der Waals surface area contributed by atoms with Gasteiger partial charge in [-0.3, -0.25) is 4.79 Å². The maximum atomic E-state index is 13.5.